The van der Waals surface area contributed by atoms with E-state index in [2.05, 4.69) is 5.32 Å². The van der Waals surface area contributed by atoms with Crippen molar-refractivity contribution >= 4 is 18.0 Å². The number of rotatable bonds is 4. The van der Waals surface area contributed by atoms with Gasteiger partial charge in [-0.25, -0.2) is 9.59 Å². The quantitative estimate of drug-likeness (QED) is 0.794. The summed E-state index contributed by atoms with van der Waals surface area (Å²) in [6.07, 6.45) is 0.778. The van der Waals surface area contributed by atoms with Crippen LogP contribution in [0.2, 0.25) is 0 Å². The maximum absolute atomic E-state index is 12.3. The van der Waals surface area contributed by atoms with Crippen molar-refractivity contribution in [2.24, 2.45) is 0 Å². The lowest BCUT2D eigenvalue weighted by Gasteiger charge is -2.28. The van der Waals surface area contributed by atoms with E-state index in [0.717, 1.165) is 6.42 Å². The van der Waals surface area contributed by atoms with Crippen LogP contribution in [0, 0.1) is 0 Å². The lowest BCUT2D eigenvalue weighted by atomic mass is 10.2. The Morgan fingerprint density at radius 1 is 1.32 bits per heavy atom. The normalized spacial score (nSPS) is 19.5. The van der Waals surface area contributed by atoms with Gasteiger partial charge in [0.2, 0.25) is 5.91 Å². The molecule has 0 saturated carbocycles. The van der Waals surface area contributed by atoms with Gasteiger partial charge in [-0.05, 0) is 47.5 Å². The molecule has 1 heterocycles. The van der Waals surface area contributed by atoms with Crippen LogP contribution in [0.5, 0.6) is 0 Å². The zero-order valence-corrected chi connectivity index (χ0v) is 14.0. The molecule has 1 aliphatic heterocycles. The summed E-state index contributed by atoms with van der Waals surface area (Å²) in [4.78, 5) is 37.4. The number of carbonyl (C=O) groups excluding carboxylic acids is 3. The van der Waals surface area contributed by atoms with Crippen LogP contribution in [0.3, 0.4) is 0 Å². The zero-order chi connectivity index (χ0) is 16.9. The molecule has 7 heteroatoms. The Hall–Kier alpha value is -1.79. The van der Waals surface area contributed by atoms with Crippen molar-refractivity contribution in [1.29, 1.82) is 0 Å². The Kier molecular flexibility index (Phi) is 6.20. The van der Waals surface area contributed by atoms with E-state index >= 15 is 0 Å². The van der Waals surface area contributed by atoms with Crippen LogP contribution < -0.4 is 5.32 Å². The molecule has 1 N–H and O–H groups in total. The van der Waals surface area contributed by atoms with Crippen molar-refractivity contribution in [2.75, 3.05) is 13.2 Å². The van der Waals surface area contributed by atoms with Gasteiger partial charge in [0.25, 0.3) is 0 Å². The second-order valence-electron chi connectivity index (χ2n) is 6.31. The largest absolute Gasteiger partial charge is 0.464 e. The number of nitrogens with one attached hydrogen (secondary N) is 1. The number of esters is 1. The molecule has 126 valence electrons. The number of likely N-dealkylation sites (tertiary alicyclic amines) is 1. The molecule has 7 nitrogen and oxygen atoms in total. The van der Waals surface area contributed by atoms with Crippen LogP contribution >= 0.6 is 0 Å². The predicted molar refractivity (Wildman–Crippen MR) is 80.2 cm³/mol. The molecule has 1 rings (SSSR count). The number of nitrogens with zero attached hydrogens (tertiary/aromatic N) is 1. The molecular formula is C15H26N2O5. The van der Waals surface area contributed by atoms with Crippen molar-refractivity contribution in [1.82, 2.24) is 10.2 Å². The highest BCUT2D eigenvalue weighted by Gasteiger charge is 2.37. The first-order chi connectivity index (χ1) is 10.2. The fourth-order valence-electron chi connectivity index (χ4n) is 2.21. The number of hydrogen-bond acceptors (Lipinski definition) is 5. The van der Waals surface area contributed by atoms with Gasteiger partial charge in [-0.3, -0.25) is 9.69 Å². The molecule has 0 aliphatic carbocycles. The van der Waals surface area contributed by atoms with Crippen molar-refractivity contribution < 1.29 is 23.9 Å². The van der Waals surface area contributed by atoms with Crippen LogP contribution in [0.4, 0.5) is 4.79 Å². The first kappa shape index (κ1) is 18.3. The maximum atomic E-state index is 12.3. The molecule has 1 aliphatic rings. The Bertz CT molecular complexity index is 430. The Balaban J connectivity index is 2.64. The third kappa shape index (κ3) is 5.20. The highest BCUT2D eigenvalue weighted by atomic mass is 16.6. The third-order valence-electron chi connectivity index (χ3n) is 3.18. The average Bonchev–Trinajstić information content (AvgIpc) is 2.86. The standard InChI is InChI=1S/C15H26N2O5/c1-6-21-13(19)10(2)16-12(18)11-8-7-9-17(11)14(20)22-15(3,4)5/h10-11H,6-9H2,1-5H3,(H,16,18). The molecule has 1 fully saturated rings. The minimum absolute atomic E-state index is 0.256. The minimum atomic E-state index is -0.742. The second kappa shape index (κ2) is 7.47. The molecule has 2 amide bonds. The Labute approximate surface area is 131 Å². The number of ether oxygens (including phenoxy) is 2. The molecule has 22 heavy (non-hydrogen) atoms. The number of carbonyl (C=O) groups is 3. The van der Waals surface area contributed by atoms with Gasteiger partial charge in [0, 0.05) is 6.54 Å². The van der Waals surface area contributed by atoms with Gasteiger partial charge in [-0.15, -0.1) is 0 Å². The topological polar surface area (TPSA) is 84.9 Å². The molecule has 1 saturated heterocycles. The van der Waals surface area contributed by atoms with Crippen LogP contribution in [0.15, 0.2) is 0 Å². The van der Waals surface area contributed by atoms with Crippen molar-refractivity contribution in [3.05, 3.63) is 0 Å². The summed E-state index contributed by atoms with van der Waals surface area (Å²) in [6.45, 7) is 9.32. The Morgan fingerprint density at radius 3 is 2.50 bits per heavy atom. The summed E-state index contributed by atoms with van der Waals surface area (Å²) in [5.41, 5.74) is -0.612. The number of hydrogen-bond donors (Lipinski definition) is 1. The summed E-state index contributed by atoms with van der Waals surface area (Å²) < 4.78 is 10.2. The van der Waals surface area contributed by atoms with Crippen LogP contribution in [0.1, 0.15) is 47.5 Å². The van der Waals surface area contributed by atoms with Gasteiger partial charge < -0.3 is 14.8 Å². The SMILES string of the molecule is CCOC(=O)C(C)NC(=O)C1CCCN1C(=O)OC(C)(C)C. The summed E-state index contributed by atoms with van der Waals surface area (Å²) in [5, 5.41) is 2.59. The lowest BCUT2D eigenvalue weighted by molar-refractivity contribution is -0.147. The van der Waals surface area contributed by atoms with Gasteiger partial charge in [-0.2, -0.15) is 0 Å². The summed E-state index contributed by atoms with van der Waals surface area (Å²) >= 11 is 0. The van der Waals surface area contributed by atoms with Gasteiger partial charge in [0.15, 0.2) is 0 Å². The second-order valence-corrected chi connectivity index (χ2v) is 6.31. The van der Waals surface area contributed by atoms with Crippen LogP contribution in [-0.2, 0) is 19.1 Å². The third-order valence-corrected chi connectivity index (χ3v) is 3.18. The average molecular weight is 314 g/mol. The summed E-state index contributed by atoms with van der Waals surface area (Å²) in [5.74, 6) is -0.846. The highest BCUT2D eigenvalue weighted by Crippen LogP contribution is 2.21. The van der Waals surface area contributed by atoms with E-state index in [-0.39, 0.29) is 12.5 Å². The molecule has 0 aromatic heterocycles. The summed E-state index contributed by atoms with van der Waals surface area (Å²) in [6, 6.07) is -1.35. The van der Waals surface area contributed by atoms with E-state index in [9.17, 15) is 14.4 Å². The molecular weight excluding hydrogens is 288 g/mol. The van der Waals surface area contributed by atoms with E-state index in [1.54, 1.807) is 34.6 Å². The first-order valence-electron chi connectivity index (χ1n) is 7.62. The predicted octanol–water partition coefficient (Wildman–Crippen LogP) is 1.45. The number of amides is 2. The molecule has 2 unspecified atom stereocenters. The van der Waals surface area contributed by atoms with Crippen LogP contribution in [0.25, 0.3) is 0 Å². The van der Waals surface area contributed by atoms with Gasteiger partial charge >= 0.3 is 12.1 Å². The monoisotopic (exact) mass is 314 g/mol. The van der Waals surface area contributed by atoms with E-state index in [0.29, 0.717) is 13.0 Å². The molecule has 0 aromatic rings. The van der Waals surface area contributed by atoms with Crippen LogP contribution in [-0.4, -0.2) is 53.7 Å². The van der Waals surface area contributed by atoms with Gasteiger partial charge in [0.1, 0.15) is 17.7 Å². The van der Waals surface area contributed by atoms with Gasteiger partial charge in [0.05, 0.1) is 6.61 Å². The minimum Gasteiger partial charge on any atom is -0.464 e. The van der Waals surface area contributed by atoms with Crippen molar-refractivity contribution in [2.45, 2.75) is 65.1 Å². The zero-order valence-electron chi connectivity index (χ0n) is 14.0. The van der Waals surface area contributed by atoms with Gasteiger partial charge in [-0.1, -0.05) is 0 Å². The van der Waals surface area contributed by atoms with Crippen molar-refractivity contribution in [3.63, 3.8) is 0 Å². The molecule has 0 bridgehead atoms. The fourth-order valence-corrected chi connectivity index (χ4v) is 2.21. The van der Waals surface area contributed by atoms with Crippen molar-refractivity contribution in [3.8, 4) is 0 Å². The lowest BCUT2D eigenvalue weighted by Crippen LogP contribution is -2.51. The highest BCUT2D eigenvalue weighted by molar-refractivity contribution is 5.89. The first-order valence-corrected chi connectivity index (χ1v) is 7.62. The fraction of sp³-hybridized carbons (Fsp3) is 0.800. The van der Waals surface area contributed by atoms with E-state index in [4.69, 9.17) is 9.47 Å². The molecule has 0 radical (unpaired) electrons. The summed E-state index contributed by atoms with van der Waals surface area (Å²) in [7, 11) is 0. The smallest absolute Gasteiger partial charge is 0.410 e. The van der Waals surface area contributed by atoms with E-state index in [1.807, 2.05) is 0 Å². The Morgan fingerprint density at radius 2 is 1.95 bits per heavy atom. The molecule has 0 spiro atoms. The molecule has 0 aromatic carbocycles. The van der Waals surface area contributed by atoms with E-state index in [1.165, 1.54) is 4.90 Å². The van der Waals surface area contributed by atoms with E-state index < -0.39 is 29.7 Å². The molecule has 2 atom stereocenters. The maximum Gasteiger partial charge on any atom is 0.410 e.